The fourth-order valence-electron chi connectivity index (χ4n) is 3.30. The van der Waals surface area contributed by atoms with Gasteiger partial charge in [0.15, 0.2) is 0 Å². The van der Waals surface area contributed by atoms with Crippen LogP contribution in [0.3, 0.4) is 0 Å². The normalized spacial score (nSPS) is 13.2. The van der Waals surface area contributed by atoms with Crippen molar-refractivity contribution >= 4 is 23.8 Å². The number of nitrogens with zero attached hydrogens (tertiary/aromatic N) is 1. The molecule has 1 aromatic rings. The Morgan fingerprint density at radius 1 is 1.17 bits per heavy atom. The summed E-state index contributed by atoms with van der Waals surface area (Å²) in [5.41, 5.74) is 4.51. The Labute approximate surface area is 206 Å². The first-order chi connectivity index (χ1) is 16.0. The molecular formula is C25H38N4O6. The zero-order valence-electron chi connectivity index (χ0n) is 21.6. The van der Waals surface area contributed by atoms with Crippen molar-refractivity contribution < 1.29 is 29.0 Å². The van der Waals surface area contributed by atoms with Crippen LogP contribution in [0.25, 0.3) is 0 Å². The Hall–Kier alpha value is -3.56. The Balaban J connectivity index is 3.57. The van der Waals surface area contributed by atoms with E-state index in [-0.39, 0.29) is 17.9 Å². The second kappa shape index (κ2) is 11.7. The van der Waals surface area contributed by atoms with Crippen molar-refractivity contribution in [1.82, 2.24) is 15.5 Å². The number of ether oxygens (including phenoxy) is 1. The highest BCUT2D eigenvalue weighted by molar-refractivity contribution is 5.95. The Kier molecular flexibility index (Phi) is 9.87. The van der Waals surface area contributed by atoms with Crippen LogP contribution in [-0.2, 0) is 19.1 Å². The van der Waals surface area contributed by atoms with Gasteiger partial charge in [-0.15, -0.1) is 6.58 Å². The van der Waals surface area contributed by atoms with Crippen molar-refractivity contribution in [2.24, 2.45) is 5.73 Å². The van der Waals surface area contributed by atoms with Crippen LogP contribution in [0.4, 0.5) is 4.79 Å². The predicted molar refractivity (Wildman–Crippen MR) is 132 cm³/mol. The molecule has 0 aliphatic carbocycles. The molecule has 2 atom stereocenters. The zero-order chi connectivity index (χ0) is 27.1. The minimum absolute atomic E-state index is 0.125. The largest absolute Gasteiger partial charge is 0.507 e. The number of phenolic OH excluding ortho intramolecular Hbond substituents is 1. The third-order valence-corrected chi connectivity index (χ3v) is 4.63. The van der Waals surface area contributed by atoms with E-state index in [4.69, 9.17) is 10.5 Å². The number of para-hydroxylation sites is 1. The Morgan fingerprint density at radius 2 is 1.77 bits per heavy atom. The van der Waals surface area contributed by atoms with Crippen LogP contribution in [0.1, 0.15) is 65.1 Å². The van der Waals surface area contributed by atoms with Gasteiger partial charge in [0.05, 0.1) is 6.42 Å². The molecule has 0 saturated carbocycles. The monoisotopic (exact) mass is 490 g/mol. The maximum atomic E-state index is 13.7. The molecule has 0 heterocycles. The molecule has 0 aliphatic rings. The number of rotatable bonds is 9. The first-order valence-corrected chi connectivity index (χ1v) is 11.3. The summed E-state index contributed by atoms with van der Waals surface area (Å²) in [6, 6.07) is 2.13. The summed E-state index contributed by atoms with van der Waals surface area (Å²) >= 11 is 0. The number of benzene rings is 1. The van der Waals surface area contributed by atoms with Gasteiger partial charge in [-0.1, -0.05) is 24.3 Å². The molecular weight excluding hydrogens is 452 g/mol. The standard InChI is InChI=1S/C25H38N4O6/c1-9-13-29(22(33)17(14-18(26)30)27-23(34)35-25(6,7)8)19(21(32)28-24(3,4)5)16-12-10-11-15(2)20(16)31/h9-12,17,19,31H,1,13-14H2,2-8H3,(H2,26,30)(H,27,34)(H,28,32). The maximum absolute atomic E-state index is 13.7. The number of amides is 4. The smallest absolute Gasteiger partial charge is 0.408 e. The quantitative estimate of drug-likeness (QED) is 0.390. The lowest BCUT2D eigenvalue weighted by molar-refractivity contribution is -0.143. The van der Waals surface area contributed by atoms with Gasteiger partial charge in [0.25, 0.3) is 0 Å². The van der Waals surface area contributed by atoms with E-state index in [1.165, 1.54) is 12.1 Å². The number of carbonyl (C=O) groups excluding carboxylic acids is 4. The van der Waals surface area contributed by atoms with E-state index < -0.39 is 53.5 Å². The van der Waals surface area contributed by atoms with Crippen LogP contribution >= 0.6 is 0 Å². The molecule has 0 radical (unpaired) electrons. The molecule has 0 spiro atoms. The van der Waals surface area contributed by atoms with Crippen molar-refractivity contribution in [3.63, 3.8) is 0 Å². The molecule has 0 aliphatic heterocycles. The number of aromatic hydroxyl groups is 1. The number of nitrogens with two attached hydrogens (primary N) is 1. The van der Waals surface area contributed by atoms with Gasteiger partial charge in [-0.25, -0.2) is 4.79 Å². The van der Waals surface area contributed by atoms with E-state index in [1.807, 2.05) is 0 Å². The van der Waals surface area contributed by atoms with Crippen LogP contribution in [0.2, 0.25) is 0 Å². The summed E-state index contributed by atoms with van der Waals surface area (Å²) < 4.78 is 5.22. The SMILES string of the molecule is C=CCN(C(=O)C(CC(N)=O)NC(=O)OC(C)(C)C)C(C(=O)NC(C)(C)C)c1cccc(C)c1O. The maximum Gasteiger partial charge on any atom is 0.408 e. The molecule has 5 N–H and O–H groups in total. The van der Waals surface area contributed by atoms with Gasteiger partial charge in [-0.05, 0) is 54.0 Å². The number of phenols is 1. The summed E-state index contributed by atoms with van der Waals surface area (Å²) in [7, 11) is 0. The second-order valence-electron chi connectivity index (χ2n) is 10.3. The number of hydrogen-bond donors (Lipinski definition) is 4. The van der Waals surface area contributed by atoms with Crippen molar-refractivity contribution in [3.8, 4) is 5.75 Å². The zero-order valence-corrected chi connectivity index (χ0v) is 21.6. The molecule has 0 fully saturated rings. The van der Waals surface area contributed by atoms with Crippen molar-refractivity contribution in [3.05, 3.63) is 42.0 Å². The first-order valence-electron chi connectivity index (χ1n) is 11.3. The molecule has 2 unspecified atom stereocenters. The van der Waals surface area contributed by atoms with Gasteiger partial charge in [0.2, 0.25) is 17.7 Å². The van der Waals surface area contributed by atoms with Crippen LogP contribution in [0.5, 0.6) is 5.75 Å². The molecule has 4 amide bonds. The molecule has 0 saturated heterocycles. The molecule has 0 bridgehead atoms. The summed E-state index contributed by atoms with van der Waals surface area (Å²) in [6.45, 7) is 15.5. The van der Waals surface area contributed by atoms with E-state index in [0.717, 1.165) is 4.90 Å². The molecule has 10 heteroatoms. The van der Waals surface area contributed by atoms with Crippen LogP contribution in [-0.4, -0.2) is 57.5 Å². The second-order valence-corrected chi connectivity index (χ2v) is 10.3. The highest BCUT2D eigenvalue weighted by Crippen LogP contribution is 2.32. The number of alkyl carbamates (subject to hydrolysis) is 1. The topological polar surface area (TPSA) is 151 Å². The summed E-state index contributed by atoms with van der Waals surface area (Å²) in [5, 5.41) is 16.0. The van der Waals surface area contributed by atoms with Crippen LogP contribution in [0.15, 0.2) is 30.9 Å². The highest BCUT2D eigenvalue weighted by Gasteiger charge is 2.38. The lowest BCUT2D eigenvalue weighted by Crippen LogP contribution is -2.55. The van der Waals surface area contributed by atoms with Gasteiger partial charge >= 0.3 is 6.09 Å². The summed E-state index contributed by atoms with van der Waals surface area (Å²) in [6.07, 6.45) is -0.0551. The molecule has 1 aromatic carbocycles. The number of carbonyl (C=O) groups is 4. The molecule has 35 heavy (non-hydrogen) atoms. The van der Waals surface area contributed by atoms with Crippen molar-refractivity contribution in [1.29, 1.82) is 0 Å². The molecule has 1 rings (SSSR count). The minimum atomic E-state index is -1.42. The number of nitrogens with one attached hydrogen (secondary N) is 2. The number of hydrogen-bond acceptors (Lipinski definition) is 6. The third kappa shape index (κ3) is 9.30. The van der Waals surface area contributed by atoms with Gasteiger partial charge in [0, 0.05) is 17.6 Å². The average Bonchev–Trinajstić information content (AvgIpc) is 2.66. The predicted octanol–water partition coefficient (Wildman–Crippen LogP) is 2.44. The van der Waals surface area contributed by atoms with Crippen molar-refractivity contribution in [2.75, 3.05) is 6.54 Å². The van der Waals surface area contributed by atoms with E-state index in [9.17, 15) is 24.3 Å². The Bertz CT molecular complexity index is 962. The molecule has 10 nitrogen and oxygen atoms in total. The highest BCUT2D eigenvalue weighted by atomic mass is 16.6. The van der Waals surface area contributed by atoms with Gasteiger partial charge in [0.1, 0.15) is 23.4 Å². The first kappa shape index (κ1) is 29.5. The van der Waals surface area contributed by atoms with E-state index >= 15 is 0 Å². The van der Waals surface area contributed by atoms with Crippen LogP contribution in [0, 0.1) is 6.92 Å². The van der Waals surface area contributed by atoms with Gasteiger partial charge in [-0.2, -0.15) is 0 Å². The number of primary amides is 1. The van der Waals surface area contributed by atoms with E-state index in [1.54, 1.807) is 60.6 Å². The Morgan fingerprint density at radius 3 is 2.26 bits per heavy atom. The third-order valence-electron chi connectivity index (χ3n) is 4.63. The minimum Gasteiger partial charge on any atom is -0.507 e. The van der Waals surface area contributed by atoms with Gasteiger partial charge in [-0.3, -0.25) is 14.4 Å². The molecule has 0 aromatic heterocycles. The fraction of sp³-hybridized carbons (Fsp3) is 0.520. The van der Waals surface area contributed by atoms with E-state index in [2.05, 4.69) is 17.2 Å². The lowest BCUT2D eigenvalue weighted by Gasteiger charge is -2.35. The summed E-state index contributed by atoms with van der Waals surface area (Å²) in [5.74, 6) is -2.34. The fourth-order valence-corrected chi connectivity index (χ4v) is 3.30. The molecule has 194 valence electrons. The summed E-state index contributed by atoms with van der Waals surface area (Å²) in [4.78, 5) is 52.4. The van der Waals surface area contributed by atoms with Crippen molar-refractivity contribution in [2.45, 2.75) is 78.1 Å². The average molecular weight is 491 g/mol. The number of aryl methyl sites for hydroxylation is 1. The van der Waals surface area contributed by atoms with Gasteiger partial charge < -0.3 is 31.1 Å². The van der Waals surface area contributed by atoms with Crippen LogP contribution < -0.4 is 16.4 Å². The lowest BCUT2D eigenvalue weighted by atomic mass is 9.97. The van der Waals surface area contributed by atoms with E-state index in [0.29, 0.717) is 5.56 Å².